The molecule has 18 heavy (non-hydrogen) atoms. The number of piperidine rings is 1. The van der Waals surface area contributed by atoms with Crippen molar-refractivity contribution in [2.75, 3.05) is 24.5 Å². The average molecular weight is 242 g/mol. The van der Waals surface area contributed by atoms with Crippen molar-refractivity contribution in [1.82, 2.24) is 4.98 Å². The predicted octanol–water partition coefficient (Wildman–Crippen LogP) is 1.60. The van der Waals surface area contributed by atoms with E-state index >= 15 is 0 Å². The topological polar surface area (TPSA) is 54.5 Å². The van der Waals surface area contributed by atoms with E-state index in [0.29, 0.717) is 12.5 Å². The number of rotatable bonds is 2. The fourth-order valence-electron chi connectivity index (χ4n) is 2.66. The van der Waals surface area contributed by atoms with E-state index in [-0.39, 0.29) is 0 Å². The van der Waals surface area contributed by atoms with Crippen molar-refractivity contribution >= 4 is 11.5 Å². The first-order valence-corrected chi connectivity index (χ1v) is 6.49. The highest BCUT2D eigenvalue weighted by molar-refractivity contribution is 5.99. The summed E-state index contributed by atoms with van der Waals surface area (Å²) in [6.45, 7) is 2.79. The minimum Gasteiger partial charge on any atom is -0.400 e. The Bertz CT molecular complexity index is 470. The molecular formula is C14H18N4. The van der Waals surface area contributed by atoms with E-state index in [1.165, 1.54) is 5.71 Å². The van der Waals surface area contributed by atoms with Crippen LogP contribution in [-0.2, 0) is 0 Å². The molecule has 3 rings (SSSR count). The molecule has 1 aromatic rings. The van der Waals surface area contributed by atoms with Crippen LogP contribution < -0.4 is 10.6 Å². The van der Waals surface area contributed by atoms with E-state index in [9.17, 15) is 0 Å². The standard InChI is InChI=1S/C14H18N4/c15-12-9-13(17-10-12)11-4-7-18(8-5-11)14-3-1-2-6-16-14/h1-3,6,9,11H,4-5,7-8,10,15H2. The van der Waals surface area contributed by atoms with Gasteiger partial charge in [0.1, 0.15) is 5.82 Å². The molecular weight excluding hydrogens is 224 g/mol. The molecule has 2 aliphatic rings. The molecule has 1 saturated heterocycles. The molecule has 1 aromatic heterocycles. The molecule has 4 heteroatoms. The van der Waals surface area contributed by atoms with Crippen LogP contribution in [0.5, 0.6) is 0 Å². The predicted molar refractivity (Wildman–Crippen MR) is 73.7 cm³/mol. The minimum atomic E-state index is 0.575. The van der Waals surface area contributed by atoms with E-state index in [2.05, 4.69) is 27.0 Å². The lowest BCUT2D eigenvalue weighted by atomic mass is 9.92. The zero-order valence-corrected chi connectivity index (χ0v) is 10.4. The molecule has 2 N–H and O–H groups in total. The van der Waals surface area contributed by atoms with Crippen molar-refractivity contribution in [1.29, 1.82) is 0 Å². The van der Waals surface area contributed by atoms with Gasteiger partial charge in [-0.2, -0.15) is 0 Å². The third kappa shape index (κ3) is 2.23. The van der Waals surface area contributed by atoms with E-state index in [0.717, 1.165) is 37.4 Å². The Balaban J connectivity index is 1.62. The first-order valence-electron chi connectivity index (χ1n) is 6.49. The van der Waals surface area contributed by atoms with Crippen molar-refractivity contribution in [2.24, 2.45) is 16.6 Å². The highest BCUT2D eigenvalue weighted by Crippen LogP contribution is 2.24. The van der Waals surface area contributed by atoms with Crippen LogP contribution in [-0.4, -0.2) is 30.3 Å². The number of nitrogens with two attached hydrogens (primary N) is 1. The summed E-state index contributed by atoms with van der Waals surface area (Å²) < 4.78 is 0. The van der Waals surface area contributed by atoms with Gasteiger partial charge in [0.25, 0.3) is 0 Å². The molecule has 0 amide bonds. The molecule has 0 aromatic carbocycles. The summed E-state index contributed by atoms with van der Waals surface area (Å²) in [5.41, 5.74) is 7.88. The van der Waals surface area contributed by atoms with Crippen molar-refractivity contribution in [2.45, 2.75) is 12.8 Å². The second-order valence-electron chi connectivity index (χ2n) is 4.91. The van der Waals surface area contributed by atoms with Crippen LogP contribution >= 0.6 is 0 Å². The van der Waals surface area contributed by atoms with E-state index in [1.54, 1.807) is 0 Å². The lowest BCUT2D eigenvalue weighted by Crippen LogP contribution is -2.36. The summed E-state index contributed by atoms with van der Waals surface area (Å²) in [5.74, 6) is 1.66. The Hall–Kier alpha value is -1.84. The smallest absolute Gasteiger partial charge is 0.128 e. The van der Waals surface area contributed by atoms with E-state index in [1.807, 2.05) is 18.3 Å². The number of aliphatic imine (C=N–C) groups is 1. The van der Waals surface area contributed by atoms with Crippen LogP contribution in [0.1, 0.15) is 12.8 Å². The van der Waals surface area contributed by atoms with Crippen LogP contribution in [0.25, 0.3) is 0 Å². The quantitative estimate of drug-likeness (QED) is 0.857. The second kappa shape index (κ2) is 4.80. The molecule has 0 atom stereocenters. The third-order valence-electron chi connectivity index (χ3n) is 3.66. The van der Waals surface area contributed by atoms with Gasteiger partial charge in [-0.25, -0.2) is 4.98 Å². The summed E-state index contributed by atoms with van der Waals surface area (Å²) in [7, 11) is 0. The number of anilines is 1. The number of hydrogen-bond acceptors (Lipinski definition) is 4. The molecule has 3 heterocycles. The third-order valence-corrected chi connectivity index (χ3v) is 3.66. The number of hydrogen-bond donors (Lipinski definition) is 1. The van der Waals surface area contributed by atoms with E-state index in [4.69, 9.17) is 5.73 Å². The molecule has 0 aliphatic carbocycles. The van der Waals surface area contributed by atoms with Crippen molar-refractivity contribution in [3.63, 3.8) is 0 Å². The second-order valence-corrected chi connectivity index (χ2v) is 4.91. The molecule has 0 radical (unpaired) electrons. The number of pyridine rings is 1. The minimum absolute atomic E-state index is 0.575. The molecule has 0 saturated carbocycles. The summed E-state index contributed by atoms with van der Waals surface area (Å²) in [6, 6.07) is 6.07. The maximum Gasteiger partial charge on any atom is 0.128 e. The Morgan fingerprint density at radius 2 is 2.06 bits per heavy atom. The summed E-state index contributed by atoms with van der Waals surface area (Å²) >= 11 is 0. The average Bonchev–Trinajstić information content (AvgIpc) is 2.87. The SMILES string of the molecule is NC1=CC(C2CCN(c3ccccn3)CC2)=NC1. The Morgan fingerprint density at radius 1 is 1.22 bits per heavy atom. The highest BCUT2D eigenvalue weighted by atomic mass is 15.2. The highest BCUT2D eigenvalue weighted by Gasteiger charge is 2.24. The first-order chi connectivity index (χ1) is 8.83. The summed E-state index contributed by atoms with van der Waals surface area (Å²) in [4.78, 5) is 11.3. The van der Waals surface area contributed by atoms with E-state index < -0.39 is 0 Å². The summed E-state index contributed by atoms with van der Waals surface area (Å²) in [5, 5.41) is 0. The van der Waals surface area contributed by atoms with Crippen LogP contribution in [0.4, 0.5) is 5.82 Å². The van der Waals surface area contributed by atoms with Gasteiger partial charge in [-0.1, -0.05) is 6.07 Å². The number of nitrogens with zero attached hydrogens (tertiary/aromatic N) is 3. The van der Waals surface area contributed by atoms with Crippen LogP contribution in [0.2, 0.25) is 0 Å². The lowest BCUT2D eigenvalue weighted by molar-refractivity contribution is 0.501. The van der Waals surface area contributed by atoms with Crippen molar-refractivity contribution in [3.8, 4) is 0 Å². The first kappa shape index (κ1) is 11.3. The van der Waals surface area contributed by atoms with Gasteiger partial charge < -0.3 is 10.6 Å². The van der Waals surface area contributed by atoms with Gasteiger partial charge in [0.2, 0.25) is 0 Å². The molecule has 4 nitrogen and oxygen atoms in total. The molecule has 94 valence electrons. The zero-order valence-electron chi connectivity index (χ0n) is 10.4. The normalized spacial score (nSPS) is 20.8. The van der Waals surface area contributed by atoms with Crippen LogP contribution in [0, 0.1) is 5.92 Å². The molecule has 0 bridgehead atoms. The maximum absolute atomic E-state index is 5.78. The number of aromatic nitrogens is 1. The van der Waals surface area contributed by atoms with Crippen LogP contribution in [0.3, 0.4) is 0 Å². The Morgan fingerprint density at radius 3 is 2.67 bits per heavy atom. The number of allylic oxidation sites excluding steroid dienone is 1. The molecule has 1 fully saturated rings. The Kier molecular flexibility index (Phi) is 3.00. The largest absolute Gasteiger partial charge is 0.400 e. The molecule has 2 aliphatic heterocycles. The lowest BCUT2D eigenvalue weighted by Gasteiger charge is -2.32. The monoisotopic (exact) mass is 242 g/mol. The van der Waals surface area contributed by atoms with Gasteiger partial charge in [0.15, 0.2) is 0 Å². The van der Waals surface area contributed by atoms with Gasteiger partial charge in [0, 0.05) is 36.6 Å². The summed E-state index contributed by atoms with van der Waals surface area (Å²) in [6.07, 6.45) is 6.19. The fraction of sp³-hybridized carbons (Fsp3) is 0.429. The van der Waals surface area contributed by atoms with Gasteiger partial charge in [-0.05, 0) is 31.1 Å². The van der Waals surface area contributed by atoms with Gasteiger partial charge in [-0.3, -0.25) is 4.99 Å². The van der Waals surface area contributed by atoms with Gasteiger partial charge in [0.05, 0.1) is 6.54 Å². The molecule has 0 spiro atoms. The Labute approximate surface area is 107 Å². The van der Waals surface area contributed by atoms with Gasteiger partial charge in [-0.15, -0.1) is 0 Å². The van der Waals surface area contributed by atoms with Gasteiger partial charge >= 0.3 is 0 Å². The van der Waals surface area contributed by atoms with Crippen molar-refractivity contribution in [3.05, 3.63) is 36.2 Å². The maximum atomic E-state index is 5.78. The zero-order chi connectivity index (χ0) is 12.4. The fourth-order valence-corrected chi connectivity index (χ4v) is 2.66. The van der Waals surface area contributed by atoms with Crippen LogP contribution in [0.15, 0.2) is 41.2 Å². The molecule has 0 unspecified atom stereocenters. The van der Waals surface area contributed by atoms with Crippen molar-refractivity contribution < 1.29 is 0 Å².